The van der Waals surface area contributed by atoms with Crippen LogP contribution in [0.3, 0.4) is 0 Å². The summed E-state index contributed by atoms with van der Waals surface area (Å²) in [6, 6.07) is 1.57. The average molecular weight is 240 g/mol. The maximum absolute atomic E-state index is 13.4. The van der Waals surface area contributed by atoms with E-state index in [-0.39, 0.29) is 17.1 Å². The first kappa shape index (κ1) is 11.0. The number of aromatic nitrogens is 2. The van der Waals surface area contributed by atoms with Gasteiger partial charge >= 0.3 is 0 Å². The fourth-order valence-electron chi connectivity index (χ4n) is 1.16. The second kappa shape index (κ2) is 3.81. The number of halogens is 2. The van der Waals surface area contributed by atoms with Crippen molar-refractivity contribution in [1.82, 2.24) is 10.1 Å². The summed E-state index contributed by atoms with van der Waals surface area (Å²) in [5.74, 6) is -3.46. The van der Waals surface area contributed by atoms with Gasteiger partial charge in [-0.3, -0.25) is 4.79 Å². The molecular formula is C9H6F2N4O2. The number of hydrogen-bond donors (Lipinski definition) is 2. The molecule has 0 saturated heterocycles. The summed E-state index contributed by atoms with van der Waals surface area (Å²) < 4.78 is 30.9. The standard InChI is InChI=1S/C9H6F2N4O2/c10-4-2-5(11)6(12)1-3(4)9-14-8(7(13)16)15-17-9/h1-2H,12H2,(H2,13,16). The SMILES string of the molecule is NC(=O)c1noc(-c2cc(N)c(F)cc2F)n1. The number of nitrogens with two attached hydrogens (primary N) is 2. The highest BCUT2D eigenvalue weighted by Gasteiger charge is 2.17. The van der Waals surface area contributed by atoms with Crippen LogP contribution in [-0.2, 0) is 0 Å². The number of primary amides is 1. The van der Waals surface area contributed by atoms with Gasteiger partial charge in [0.2, 0.25) is 0 Å². The molecule has 0 saturated carbocycles. The van der Waals surface area contributed by atoms with E-state index in [1.165, 1.54) is 0 Å². The molecule has 0 atom stereocenters. The third-order valence-corrected chi connectivity index (χ3v) is 1.96. The van der Waals surface area contributed by atoms with Crippen LogP contribution >= 0.6 is 0 Å². The van der Waals surface area contributed by atoms with Crippen LogP contribution in [0.5, 0.6) is 0 Å². The lowest BCUT2D eigenvalue weighted by Gasteiger charge is -2.00. The average Bonchev–Trinajstić information content (AvgIpc) is 2.72. The summed E-state index contributed by atoms with van der Waals surface area (Å²) in [5.41, 5.74) is 9.68. The maximum atomic E-state index is 13.4. The third-order valence-electron chi connectivity index (χ3n) is 1.96. The van der Waals surface area contributed by atoms with Crippen LogP contribution in [0.25, 0.3) is 11.5 Å². The van der Waals surface area contributed by atoms with Crippen LogP contribution in [0.4, 0.5) is 14.5 Å². The van der Waals surface area contributed by atoms with Gasteiger partial charge in [-0.1, -0.05) is 5.16 Å². The van der Waals surface area contributed by atoms with Crippen LogP contribution in [0.15, 0.2) is 16.7 Å². The van der Waals surface area contributed by atoms with E-state index in [9.17, 15) is 13.6 Å². The number of nitrogen functional groups attached to an aromatic ring is 1. The Kier molecular flexibility index (Phi) is 2.47. The predicted molar refractivity (Wildman–Crippen MR) is 52.6 cm³/mol. The van der Waals surface area contributed by atoms with Crippen LogP contribution in [0, 0.1) is 11.6 Å². The van der Waals surface area contributed by atoms with Crippen molar-refractivity contribution in [3.8, 4) is 11.5 Å². The molecule has 0 aliphatic carbocycles. The van der Waals surface area contributed by atoms with E-state index in [4.69, 9.17) is 11.5 Å². The molecule has 1 aromatic carbocycles. The van der Waals surface area contributed by atoms with Gasteiger partial charge in [-0.15, -0.1) is 0 Å². The fraction of sp³-hybridized carbons (Fsp3) is 0. The number of benzene rings is 1. The van der Waals surface area contributed by atoms with Gasteiger partial charge in [0.1, 0.15) is 11.6 Å². The van der Waals surface area contributed by atoms with Crippen molar-refractivity contribution < 1.29 is 18.1 Å². The first-order chi connectivity index (χ1) is 7.99. The molecule has 2 aromatic rings. The molecule has 6 nitrogen and oxygen atoms in total. The Labute approximate surface area is 93.2 Å². The number of carbonyl (C=O) groups excluding carboxylic acids is 1. The van der Waals surface area contributed by atoms with Gasteiger partial charge in [0, 0.05) is 6.07 Å². The first-order valence-corrected chi connectivity index (χ1v) is 4.37. The molecule has 0 bridgehead atoms. The molecule has 0 unspecified atom stereocenters. The largest absolute Gasteiger partial charge is 0.396 e. The molecule has 88 valence electrons. The Morgan fingerprint density at radius 3 is 2.59 bits per heavy atom. The summed E-state index contributed by atoms with van der Waals surface area (Å²) in [4.78, 5) is 14.3. The molecule has 17 heavy (non-hydrogen) atoms. The highest BCUT2D eigenvalue weighted by atomic mass is 19.1. The summed E-state index contributed by atoms with van der Waals surface area (Å²) >= 11 is 0. The molecule has 4 N–H and O–H groups in total. The Morgan fingerprint density at radius 1 is 1.29 bits per heavy atom. The zero-order valence-electron chi connectivity index (χ0n) is 8.28. The molecule has 0 aliphatic rings. The van der Waals surface area contributed by atoms with Crippen molar-refractivity contribution >= 4 is 11.6 Å². The van der Waals surface area contributed by atoms with Crippen molar-refractivity contribution in [2.24, 2.45) is 5.73 Å². The summed E-state index contributed by atoms with van der Waals surface area (Å²) in [5, 5.41) is 3.22. The number of carbonyl (C=O) groups is 1. The van der Waals surface area contributed by atoms with E-state index >= 15 is 0 Å². The lowest BCUT2D eigenvalue weighted by Crippen LogP contribution is -2.12. The van der Waals surface area contributed by atoms with Crippen molar-refractivity contribution in [3.63, 3.8) is 0 Å². The van der Waals surface area contributed by atoms with Crippen molar-refractivity contribution in [3.05, 3.63) is 29.6 Å². The lowest BCUT2D eigenvalue weighted by molar-refractivity contribution is 0.0987. The predicted octanol–water partition coefficient (Wildman–Crippen LogP) is 0.696. The topological polar surface area (TPSA) is 108 Å². The van der Waals surface area contributed by atoms with Crippen LogP contribution in [-0.4, -0.2) is 16.0 Å². The van der Waals surface area contributed by atoms with Crippen LogP contribution in [0.2, 0.25) is 0 Å². The quantitative estimate of drug-likeness (QED) is 0.751. The summed E-state index contributed by atoms with van der Waals surface area (Å²) in [7, 11) is 0. The molecule has 1 heterocycles. The normalized spacial score (nSPS) is 10.5. The van der Waals surface area contributed by atoms with Crippen LogP contribution < -0.4 is 11.5 Å². The summed E-state index contributed by atoms with van der Waals surface area (Å²) in [6.45, 7) is 0. The number of anilines is 1. The molecule has 8 heteroatoms. The Hall–Kier alpha value is -2.51. The van der Waals surface area contributed by atoms with Gasteiger partial charge in [-0.2, -0.15) is 4.98 Å². The lowest BCUT2D eigenvalue weighted by atomic mass is 10.2. The van der Waals surface area contributed by atoms with Crippen molar-refractivity contribution in [2.45, 2.75) is 0 Å². The Bertz CT molecular complexity index is 597. The fourth-order valence-corrected chi connectivity index (χ4v) is 1.16. The molecule has 0 aliphatic heterocycles. The van der Waals surface area contributed by atoms with Gasteiger partial charge in [0.25, 0.3) is 17.6 Å². The second-order valence-electron chi connectivity index (χ2n) is 3.14. The van der Waals surface area contributed by atoms with Gasteiger partial charge in [0.05, 0.1) is 11.3 Å². The van der Waals surface area contributed by atoms with E-state index in [0.717, 1.165) is 6.07 Å². The molecular weight excluding hydrogens is 234 g/mol. The zero-order chi connectivity index (χ0) is 12.6. The van der Waals surface area contributed by atoms with E-state index < -0.39 is 23.4 Å². The molecule has 0 spiro atoms. The number of hydrogen-bond acceptors (Lipinski definition) is 5. The highest BCUT2D eigenvalue weighted by Crippen LogP contribution is 2.25. The minimum atomic E-state index is -0.934. The molecule has 0 fully saturated rings. The minimum Gasteiger partial charge on any atom is -0.396 e. The first-order valence-electron chi connectivity index (χ1n) is 4.37. The highest BCUT2D eigenvalue weighted by molar-refractivity contribution is 5.89. The Balaban J connectivity index is 2.52. The van der Waals surface area contributed by atoms with E-state index in [1.807, 2.05) is 0 Å². The zero-order valence-corrected chi connectivity index (χ0v) is 8.28. The number of nitrogens with zero attached hydrogens (tertiary/aromatic N) is 2. The van der Waals surface area contributed by atoms with Gasteiger partial charge < -0.3 is 16.0 Å². The van der Waals surface area contributed by atoms with Gasteiger partial charge in [0.15, 0.2) is 0 Å². The van der Waals surface area contributed by atoms with Crippen molar-refractivity contribution in [1.29, 1.82) is 0 Å². The Morgan fingerprint density at radius 2 is 2.00 bits per heavy atom. The number of rotatable bonds is 2. The van der Waals surface area contributed by atoms with Crippen molar-refractivity contribution in [2.75, 3.05) is 5.73 Å². The monoisotopic (exact) mass is 240 g/mol. The minimum absolute atomic E-state index is 0.205. The molecule has 0 radical (unpaired) electrons. The number of amides is 1. The van der Waals surface area contributed by atoms with E-state index in [1.54, 1.807) is 0 Å². The molecule has 1 aromatic heterocycles. The molecule has 2 rings (SSSR count). The van der Waals surface area contributed by atoms with E-state index in [2.05, 4.69) is 14.7 Å². The second-order valence-corrected chi connectivity index (χ2v) is 3.14. The smallest absolute Gasteiger partial charge is 0.290 e. The maximum Gasteiger partial charge on any atom is 0.290 e. The van der Waals surface area contributed by atoms with Gasteiger partial charge in [-0.25, -0.2) is 8.78 Å². The summed E-state index contributed by atoms with van der Waals surface area (Å²) in [6.07, 6.45) is 0. The van der Waals surface area contributed by atoms with Gasteiger partial charge in [-0.05, 0) is 6.07 Å². The third kappa shape index (κ3) is 1.92. The van der Waals surface area contributed by atoms with Crippen LogP contribution in [0.1, 0.15) is 10.6 Å². The van der Waals surface area contributed by atoms with E-state index in [0.29, 0.717) is 6.07 Å². The molecule has 1 amide bonds.